The highest BCUT2D eigenvalue weighted by Gasteiger charge is 2.15. The molecule has 1 aromatic carbocycles. The second-order valence-corrected chi connectivity index (χ2v) is 6.71. The number of sulfonamides is 1. The molecular formula is C14H25N3O2S. The van der Waals surface area contributed by atoms with Crippen LogP contribution in [0, 0.1) is 0 Å². The van der Waals surface area contributed by atoms with Crippen molar-refractivity contribution in [2.75, 3.05) is 24.5 Å². The molecule has 0 bridgehead atoms. The summed E-state index contributed by atoms with van der Waals surface area (Å²) in [6, 6.07) is 6.86. The van der Waals surface area contributed by atoms with Crippen LogP contribution in [-0.4, -0.2) is 34.1 Å². The molecule has 0 saturated heterocycles. The average molecular weight is 299 g/mol. The number of nitrogens with one attached hydrogen (secondary N) is 1. The maximum absolute atomic E-state index is 12.0. The molecule has 1 rings (SSSR count). The summed E-state index contributed by atoms with van der Waals surface area (Å²) in [6.45, 7) is 8.08. The smallest absolute Gasteiger partial charge is 0.240 e. The molecular weight excluding hydrogens is 274 g/mol. The third-order valence-corrected chi connectivity index (χ3v) is 4.59. The van der Waals surface area contributed by atoms with Gasteiger partial charge < -0.3 is 10.6 Å². The first-order valence-corrected chi connectivity index (χ1v) is 8.46. The first kappa shape index (κ1) is 16.9. The van der Waals surface area contributed by atoms with E-state index in [2.05, 4.69) is 16.5 Å². The van der Waals surface area contributed by atoms with Crippen LogP contribution in [0.2, 0.25) is 0 Å². The van der Waals surface area contributed by atoms with Crippen LogP contribution in [-0.2, 0) is 10.0 Å². The maximum Gasteiger partial charge on any atom is 0.240 e. The van der Waals surface area contributed by atoms with Gasteiger partial charge in [-0.15, -0.1) is 0 Å². The molecule has 0 unspecified atom stereocenters. The molecule has 0 aliphatic rings. The van der Waals surface area contributed by atoms with E-state index in [1.54, 1.807) is 26.0 Å². The predicted molar refractivity (Wildman–Crippen MR) is 83.5 cm³/mol. The molecule has 0 fully saturated rings. The second-order valence-electron chi connectivity index (χ2n) is 4.99. The molecule has 0 saturated carbocycles. The van der Waals surface area contributed by atoms with Crippen LogP contribution in [0.4, 0.5) is 5.69 Å². The van der Waals surface area contributed by atoms with E-state index >= 15 is 0 Å². The van der Waals surface area contributed by atoms with Gasteiger partial charge in [-0.2, -0.15) is 0 Å². The van der Waals surface area contributed by atoms with Crippen LogP contribution < -0.4 is 15.4 Å². The van der Waals surface area contributed by atoms with E-state index in [1.807, 2.05) is 12.1 Å². The fourth-order valence-corrected chi connectivity index (χ4v) is 3.22. The normalized spacial score (nSPS) is 11.8. The van der Waals surface area contributed by atoms with Crippen molar-refractivity contribution in [1.82, 2.24) is 4.72 Å². The van der Waals surface area contributed by atoms with Crippen molar-refractivity contribution in [2.24, 2.45) is 5.73 Å². The van der Waals surface area contributed by atoms with Crippen LogP contribution in [0.5, 0.6) is 0 Å². The number of hydrogen-bond acceptors (Lipinski definition) is 4. The van der Waals surface area contributed by atoms with Gasteiger partial charge in [-0.3, -0.25) is 0 Å². The Morgan fingerprint density at radius 3 is 2.30 bits per heavy atom. The molecule has 0 aliphatic carbocycles. The molecule has 114 valence electrons. The molecule has 0 aromatic heterocycles. The zero-order chi connectivity index (χ0) is 15.2. The number of nitrogens with two attached hydrogens (primary N) is 1. The molecule has 20 heavy (non-hydrogen) atoms. The summed E-state index contributed by atoms with van der Waals surface area (Å²) in [5.74, 6) is 0. The van der Waals surface area contributed by atoms with Crippen LogP contribution in [0.25, 0.3) is 0 Å². The highest BCUT2D eigenvalue weighted by Crippen LogP contribution is 2.18. The first-order chi connectivity index (χ1) is 9.40. The summed E-state index contributed by atoms with van der Waals surface area (Å²) in [5.41, 5.74) is 6.54. The number of hydrogen-bond donors (Lipinski definition) is 2. The topological polar surface area (TPSA) is 75.4 Å². The molecule has 6 heteroatoms. The van der Waals surface area contributed by atoms with Gasteiger partial charge in [0.25, 0.3) is 0 Å². The number of anilines is 1. The van der Waals surface area contributed by atoms with E-state index in [4.69, 9.17) is 5.73 Å². The fourth-order valence-electron chi connectivity index (χ4n) is 1.97. The van der Waals surface area contributed by atoms with Gasteiger partial charge >= 0.3 is 0 Å². The first-order valence-electron chi connectivity index (χ1n) is 6.98. The van der Waals surface area contributed by atoms with E-state index < -0.39 is 10.0 Å². The summed E-state index contributed by atoms with van der Waals surface area (Å²) >= 11 is 0. The van der Waals surface area contributed by atoms with Crippen molar-refractivity contribution in [3.8, 4) is 0 Å². The average Bonchev–Trinajstić information content (AvgIpc) is 2.39. The zero-order valence-corrected chi connectivity index (χ0v) is 13.3. The lowest BCUT2D eigenvalue weighted by molar-refractivity contribution is 0.570. The van der Waals surface area contributed by atoms with Crippen molar-refractivity contribution in [3.63, 3.8) is 0 Å². The molecule has 0 radical (unpaired) electrons. The standard InChI is InChI=1S/C14H25N3O2S/c1-4-17(11-5-10-15)13-6-8-14(9-7-13)20(18,19)16-12(2)3/h6-9,12,16H,4-5,10-11,15H2,1-3H3. The quantitative estimate of drug-likeness (QED) is 0.763. The van der Waals surface area contributed by atoms with Gasteiger partial charge in [-0.25, -0.2) is 13.1 Å². The summed E-state index contributed by atoms with van der Waals surface area (Å²) in [4.78, 5) is 2.48. The molecule has 0 amide bonds. The Morgan fingerprint density at radius 2 is 1.85 bits per heavy atom. The predicted octanol–water partition coefficient (Wildman–Crippen LogP) is 1.55. The minimum Gasteiger partial charge on any atom is -0.372 e. The fraction of sp³-hybridized carbons (Fsp3) is 0.571. The SMILES string of the molecule is CCN(CCCN)c1ccc(S(=O)(=O)NC(C)C)cc1. The molecule has 0 aliphatic heterocycles. The Hall–Kier alpha value is -1.11. The number of rotatable bonds is 8. The minimum atomic E-state index is -3.41. The van der Waals surface area contributed by atoms with E-state index in [1.165, 1.54) is 0 Å². The summed E-state index contributed by atoms with van der Waals surface area (Å²) in [5, 5.41) is 0. The van der Waals surface area contributed by atoms with Crippen molar-refractivity contribution in [1.29, 1.82) is 0 Å². The van der Waals surface area contributed by atoms with Gasteiger partial charge in [-0.1, -0.05) is 0 Å². The van der Waals surface area contributed by atoms with E-state index in [9.17, 15) is 8.42 Å². The molecule has 0 heterocycles. The molecule has 5 nitrogen and oxygen atoms in total. The summed E-state index contributed by atoms with van der Waals surface area (Å²) < 4.78 is 26.6. The highest BCUT2D eigenvalue weighted by atomic mass is 32.2. The third kappa shape index (κ3) is 4.77. The van der Waals surface area contributed by atoms with Gasteiger partial charge in [0.05, 0.1) is 4.90 Å². The monoisotopic (exact) mass is 299 g/mol. The lowest BCUT2D eigenvalue weighted by Gasteiger charge is -2.23. The number of benzene rings is 1. The molecule has 1 aromatic rings. The molecule has 0 spiro atoms. The zero-order valence-electron chi connectivity index (χ0n) is 12.5. The van der Waals surface area contributed by atoms with Crippen molar-refractivity contribution in [2.45, 2.75) is 38.1 Å². The van der Waals surface area contributed by atoms with Crippen molar-refractivity contribution < 1.29 is 8.42 Å². The van der Waals surface area contributed by atoms with Gasteiger partial charge in [0, 0.05) is 24.8 Å². The van der Waals surface area contributed by atoms with Crippen molar-refractivity contribution in [3.05, 3.63) is 24.3 Å². The van der Waals surface area contributed by atoms with E-state index in [0.717, 1.165) is 25.2 Å². The lowest BCUT2D eigenvalue weighted by atomic mass is 10.2. The Labute approximate surface area is 122 Å². The Bertz CT molecular complexity index is 498. The maximum atomic E-state index is 12.0. The van der Waals surface area contributed by atoms with E-state index in [0.29, 0.717) is 11.4 Å². The van der Waals surface area contributed by atoms with Crippen LogP contribution in [0.3, 0.4) is 0 Å². The van der Waals surface area contributed by atoms with Gasteiger partial charge in [0.2, 0.25) is 10.0 Å². The summed E-state index contributed by atoms with van der Waals surface area (Å²) in [6.07, 6.45) is 0.919. The molecule has 0 atom stereocenters. The Morgan fingerprint density at radius 1 is 1.25 bits per heavy atom. The van der Waals surface area contributed by atoms with Crippen LogP contribution in [0.15, 0.2) is 29.2 Å². The van der Waals surface area contributed by atoms with Gasteiger partial charge in [0.1, 0.15) is 0 Å². The van der Waals surface area contributed by atoms with Gasteiger partial charge in [0.15, 0.2) is 0 Å². The van der Waals surface area contributed by atoms with Crippen LogP contribution >= 0.6 is 0 Å². The Kier molecular flexibility index (Phi) is 6.45. The minimum absolute atomic E-state index is 0.114. The third-order valence-electron chi connectivity index (χ3n) is 2.92. The highest BCUT2D eigenvalue weighted by molar-refractivity contribution is 7.89. The number of nitrogens with zero attached hydrogens (tertiary/aromatic N) is 1. The second kappa shape index (κ2) is 7.61. The largest absolute Gasteiger partial charge is 0.372 e. The van der Waals surface area contributed by atoms with Gasteiger partial charge in [-0.05, 0) is 58.0 Å². The Balaban J connectivity index is 2.87. The lowest BCUT2D eigenvalue weighted by Crippen LogP contribution is -2.30. The molecule has 3 N–H and O–H groups in total. The van der Waals surface area contributed by atoms with E-state index in [-0.39, 0.29) is 6.04 Å². The van der Waals surface area contributed by atoms with Crippen molar-refractivity contribution >= 4 is 15.7 Å². The van der Waals surface area contributed by atoms with Crippen LogP contribution in [0.1, 0.15) is 27.2 Å². The summed E-state index contributed by atoms with van der Waals surface area (Å²) in [7, 11) is -3.41.